The van der Waals surface area contributed by atoms with Crippen LogP contribution in [0.2, 0.25) is 0 Å². The van der Waals surface area contributed by atoms with E-state index in [-0.39, 0.29) is 6.10 Å². The second-order valence-electron chi connectivity index (χ2n) is 7.91. The topological polar surface area (TPSA) is 55.8 Å². The van der Waals surface area contributed by atoms with Gasteiger partial charge in [0.1, 0.15) is 0 Å². The minimum atomic E-state index is -3.53. The van der Waals surface area contributed by atoms with Crippen molar-refractivity contribution >= 4 is 10.0 Å². The molecule has 2 atom stereocenters. The molecule has 28 heavy (non-hydrogen) atoms. The van der Waals surface area contributed by atoms with Crippen LogP contribution in [0.1, 0.15) is 35.6 Å². The highest BCUT2D eigenvalue weighted by Crippen LogP contribution is 2.39. The van der Waals surface area contributed by atoms with Gasteiger partial charge in [-0.25, -0.2) is 8.42 Å². The van der Waals surface area contributed by atoms with Crippen LogP contribution < -0.4 is 0 Å². The fourth-order valence-electron chi connectivity index (χ4n) is 4.03. The molecule has 0 bridgehead atoms. The first-order valence-corrected chi connectivity index (χ1v) is 11.2. The number of rotatable bonds is 3. The maximum Gasteiger partial charge on any atom is 0.243 e. The highest BCUT2D eigenvalue weighted by molar-refractivity contribution is 7.89. The average molecular weight is 402 g/mol. The van der Waals surface area contributed by atoms with Gasteiger partial charge in [0.15, 0.2) is 0 Å². The van der Waals surface area contributed by atoms with Gasteiger partial charge in [-0.2, -0.15) is 4.31 Å². The van der Waals surface area contributed by atoms with E-state index in [1.165, 1.54) is 5.56 Å². The second kappa shape index (κ2) is 7.59. The zero-order chi connectivity index (χ0) is 19.8. The van der Waals surface area contributed by atoms with E-state index in [4.69, 9.17) is 9.47 Å². The molecule has 1 spiro atoms. The van der Waals surface area contributed by atoms with E-state index in [9.17, 15) is 8.42 Å². The molecule has 0 aliphatic carbocycles. The lowest BCUT2D eigenvalue weighted by Gasteiger charge is -2.46. The Morgan fingerprint density at radius 3 is 2.29 bits per heavy atom. The standard InChI is InChI=1S/C22H27NO4S/c1-17-3-7-19(8-4-17)21-15-22(11-13-26-21)16-23(12-14-27-22)28(24,25)20-9-5-18(2)6-10-20/h3-10,21H,11-16H2,1-2H3/t21-,22-/m0/s1. The third kappa shape index (κ3) is 3.87. The summed E-state index contributed by atoms with van der Waals surface area (Å²) in [5, 5.41) is 0. The summed E-state index contributed by atoms with van der Waals surface area (Å²) >= 11 is 0. The number of ether oxygens (including phenoxy) is 2. The molecule has 0 N–H and O–H groups in total. The van der Waals surface area contributed by atoms with Crippen molar-refractivity contribution in [3.05, 3.63) is 65.2 Å². The van der Waals surface area contributed by atoms with Crippen LogP contribution in [-0.2, 0) is 19.5 Å². The SMILES string of the molecule is Cc1ccc([C@@H]2C[C@@]3(CCO2)CN(S(=O)(=O)c2ccc(C)cc2)CCO3)cc1. The molecule has 6 heteroatoms. The summed E-state index contributed by atoms with van der Waals surface area (Å²) in [6.07, 6.45) is 1.29. The Hall–Kier alpha value is -1.73. The molecule has 2 fully saturated rings. The van der Waals surface area contributed by atoms with E-state index in [1.54, 1.807) is 16.4 Å². The van der Waals surface area contributed by atoms with Gasteiger partial charge in [0, 0.05) is 25.9 Å². The van der Waals surface area contributed by atoms with Gasteiger partial charge < -0.3 is 9.47 Å². The van der Waals surface area contributed by atoms with Crippen molar-refractivity contribution in [2.75, 3.05) is 26.3 Å². The Kier molecular flexibility index (Phi) is 5.31. The van der Waals surface area contributed by atoms with Crippen LogP contribution in [-0.4, -0.2) is 44.6 Å². The van der Waals surface area contributed by atoms with Crippen LogP contribution in [0, 0.1) is 13.8 Å². The lowest BCUT2D eigenvalue weighted by atomic mass is 9.86. The Balaban J connectivity index is 1.55. The minimum Gasteiger partial charge on any atom is -0.373 e. The fourth-order valence-corrected chi connectivity index (χ4v) is 5.53. The van der Waals surface area contributed by atoms with Crippen molar-refractivity contribution < 1.29 is 17.9 Å². The van der Waals surface area contributed by atoms with Gasteiger partial charge in [-0.3, -0.25) is 0 Å². The molecule has 5 nitrogen and oxygen atoms in total. The number of nitrogens with zero attached hydrogens (tertiary/aromatic N) is 1. The van der Waals surface area contributed by atoms with Crippen LogP contribution in [0.3, 0.4) is 0 Å². The maximum atomic E-state index is 13.2. The summed E-state index contributed by atoms with van der Waals surface area (Å²) in [6, 6.07) is 15.4. The Labute approximate surface area is 167 Å². The molecule has 2 aliphatic rings. The van der Waals surface area contributed by atoms with Crippen molar-refractivity contribution in [3.63, 3.8) is 0 Å². The summed E-state index contributed by atoms with van der Waals surface area (Å²) in [5.74, 6) is 0. The number of morpholine rings is 1. The predicted molar refractivity (Wildman–Crippen MR) is 108 cm³/mol. The summed E-state index contributed by atoms with van der Waals surface area (Å²) in [7, 11) is -3.53. The Morgan fingerprint density at radius 2 is 1.61 bits per heavy atom. The Morgan fingerprint density at radius 1 is 0.964 bits per heavy atom. The maximum absolute atomic E-state index is 13.2. The lowest BCUT2D eigenvalue weighted by Crippen LogP contribution is -2.56. The van der Waals surface area contributed by atoms with E-state index < -0.39 is 15.6 Å². The Bertz CT molecular complexity index is 920. The molecule has 0 radical (unpaired) electrons. The average Bonchev–Trinajstić information content (AvgIpc) is 2.69. The molecule has 2 aromatic rings. The van der Waals surface area contributed by atoms with Gasteiger partial charge in [0.25, 0.3) is 0 Å². The van der Waals surface area contributed by atoms with Gasteiger partial charge in [-0.05, 0) is 31.5 Å². The fraction of sp³-hybridized carbons (Fsp3) is 0.455. The molecule has 2 saturated heterocycles. The monoisotopic (exact) mass is 401 g/mol. The van der Waals surface area contributed by atoms with Crippen LogP contribution in [0.25, 0.3) is 0 Å². The van der Waals surface area contributed by atoms with Crippen molar-refractivity contribution in [1.82, 2.24) is 4.31 Å². The summed E-state index contributed by atoms with van der Waals surface area (Å²) in [5.41, 5.74) is 2.87. The third-order valence-corrected chi connectivity index (χ3v) is 7.61. The molecular weight excluding hydrogens is 374 g/mol. The molecule has 150 valence electrons. The number of benzene rings is 2. The first-order chi connectivity index (χ1) is 13.4. The second-order valence-corrected chi connectivity index (χ2v) is 9.85. The molecule has 4 rings (SSSR count). The van der Waals surface area contributed by atoms with Crippen LogP contribution >= 0.6 is 0 Å². The zero-order valence-electron chi connectivity index (χ0n) is 16.4. The molecule has 2 heterocycles. The quantitative estimate of drug-likeness (QED) is 0.788. The zero-order valence-corrected chi connectivity index (χ0v) is 17.2. The van der Waals surface area contributed by atoms with Crippen molar-refractivity contribution in [2.24, 2.45) is 0 Å². The highest BCUT2D eigenvalue weighted by atomic mass is 32.2. The molecular formula is C22H27NO4S. The van der Waals surface area contributed by atoms with E-state index in [2.05, 4.69) is 31.2 Å². The molecule has 2 aliphatic heterocycles. The lowest BCUT2D eigenvalue weighted by molar-refractivity contribution is -0.163. The summed E-state index contributed by atoms with van der Waals surface area (Å²) in [6.45, 7) is 5.74. The van der Waals surface area contributed by atoms with E-state index in [0.29, 0.717) is 44.0 Å². The van der Waals surface area contributed by atoms with E-state index >= 15 is 0 Å². The normalized spacial score (nSPS) is 26.4. The number of sulfonamides is 1. The smallest absolute Gasteiger partial charge is 0.243 e. The molecule has 2 aromatic carbocycles. The molecule has 0 unspecified atom stereocenters. The largest absolute Gasteiger partial charge is 0.373 e. The predicted octanol–water partition coefficient (Wildman–Crippen LogP) is 3.61. The van der Waals surface area contributed by atoms with Crippen LogP contribution in [0.15, 0.2) is 53.4 Å². The van der Waals surface area contributed by atoms with Crippen molar-refractivity contribution in [3.8, 4) is 0 Å². The van der Waals surface area contributed by atoms with E-state index in [1.807, 2.05) is 19.1 Å². The molecule has 0 amide bonds. The summed E-state index contributed by atoms with van der Waals surface area (Å²) in [4.78, 5) is 0.345. The van der Waals surface area contributed by atoms with Crippen molar-refractivity contribution in [2.45, 2.75) is 43.3 Å². The van der Waals surface area contributed by atoms with Crippen LogP contribution in [0.4, 0.5) is 0 Å². The number of hydrogen-bond acceptors (Lipinski definition) is 4. The van der Waals surface area contributed by atoms with Crippen molar-refractivity contribution in [1.29, 1.82) is 0 Å². The van der Waals surface area contributed by atoms with Gasteiger partial charge in [-0.1, -0.05) is 47.5 Å². The van der Waals surface area contributed by atoms with Gasteiger partial charge in [0.2, 0.25) is 10.0 Å². The first kappa shape index (κ1) is 19.6. The van der Waals surface area contributed by atoms with Gasteiger partial charge in [0.05, 0.1) is 29.8 Å². The first-order valence-electron chi connectivity index (χ1n) is 9.77. The number of hydrogen-bond donors (Lipinski definition) is 0. The number of aryl methyl sites for hydroxylation is 2. The van der Waals surface area contributed by atoms with E-state index in [0.717, 1.165) is 11.1 Å². The molecule has 0 aromatic heterocycles. The third-order valence-electron chi connectivity index (χ3n) is 5.76. The molecule has 0 saturated carbocycles. The van der Waals surface area contributed by atoms with Gasteiger partial charge in [-0.15, -0.1) is 0 Å². The summed E-state index contributed by atoms with van der Waals surface area (Å²) < 4.78 is 40.1. The minimum absolute atomic E-state index is 0.0728. The van der Waals surface area contributed by atoms with Crippen LogP contribution in [0.5, 0.6) is 0 Å². The highest BCUT2D eigenvalue weighted by Gasteiger charge is 2.45. The van der Waals surface area contributed by atoms with Gasteiger partial charge >= 0.3 is 0 Å².